The summed E-state index contributed by atoms with van der Waals surface area (Å²) < 4.78 is 11.7. The fourth-order valence-corrected chi connectivity index (χ4v) is 5.20. The number of carbonyl (C=O) groups excluding carboxylic acids is 2. The van der Waals surface area contributed by atoms with Crippen LogP contribution in [0.3, 0.4) is 0 Å². The largest absolute Gasteiger partial charge is 0.497 e. The summed E-state index contributed by atoms with van der Waals surface area (Å²) in [5.74, 6) is 1.47. The topological polar surface area (TPSA) is 83.5 Å². The van der Waals surface area contributed by atoms with Crippen LogP contribution in [-0.2, 0) is 4.79 Å². The maximum absolute atomic E-state index is 14.4. The van der Waals surface area contributed by atoms with Crippen LogP contribution in [0.2, 0.25) is 5.02 Å². The number of piperazine rings is 1. The molecule has 0 bridgehead atoms. The molecule has 0 saturated carbocycles. The summed E-state index contributed by atoms with van der Waals surface area (Å²) in [5.41, 5.74) is 3.62. The lowest BCUT2D eigenvalue weighted by molar-refractivity contribution is -0.123. The van der Waals surface area contributed by atoms with Crippen LogP contribution >= 0.6 is 11.6 Å². The molecule has 2 aliphatic rings. The fraction of sp³-hybridized carbons (Fsp3) is 0.323. The molecule has 8 nitrogen and oxygen atoms in total. The van der Waals surface area contributed by atoms with Crippen molar-refractivity contribution >= 4 is 29.4 Å². The Morgan fingerprint density at radius 2 is 1.75 bits per heavy atom. The predicted octanol–water partition coefficient (Wildman–Crippen LogP) is 5.54. The summed E-state index contributed by atoms with van der Waals surface area (Å²) in [6.07, 6.45) is -0.122. The molecule has 40 heavy (non-hydrogen) atoms. The summed E-state index contributed by atoms with van der Waals surface area (Å²) in [6.45, 7) is 6.69. The van der Waals surface area contributed by atoms with Crippen molar-refractivity contribution in [1.29, 1.82) is 0 Å². The molecule has 2 aliphatic heterocycles. The smallest absolute Gasteiger partial charge is 0.326 e. The molecule has 9 heteroatoms. The highest BCUT2D eigenvalue weighted by atomic mass is 35.5. The molecule has 3 amide bonds. The van der Waals surface area contributed by atoms with Crippen molar-refractivity contribution in [2.45, 2.75) is 39.0 Å². The summed E-state index contributed by atoms with van der Waals surface area (Å²) in [6, 6.07) is 20.0. The van der Waals surface area contributed by atoms with Crippen molar-refractivity contribution in [3.63, 3.8) is 0 Å². The van der Waals surface area contributed by atoms with E-state index >= 15 is 0 Å². The second kappa shape index (κ2) is 11.6. The first-order valence-corrected chi connectivity index (χ1v) is 13.7. The van der Waals surface area contributed by atoms with E-state index in [2.05, 4.69) is 5.32 Å². The molecule has 3 aromatic rings. The number of aryl methyl sites for hydroxylation is 1. The van der Waals surface area contributed by atoms with Crippen molar-refractivity contribution in [3.05, 3.63) is 94.0 Å². The van der Waals surface area contributed by atoms with Gasteiger partial charge in [-0.25, -0.2) is 4.79 Å². The number of hydrogen-bond acceptors (Lipinski definition) is 5. The van der Waals surface area contributed by atoms with Crippen LogP contribution in [0.5, 0.6) is 11.5 Å². The van der Waals surface area contributed by atoms with E-state index in [1.54, 1.807) is 16.9 Å². The van der Waals surface area contributed by atoms with E-state index in [-0.39, 0.29) is 24.6 Å². The number of nitrogens with zero attached hydrogens (tertiary/aromatic N) is 3. The first-order chi connectivity index (χ1) is 19.2. The number of hydrogen-bond donors (Lipinski definition) is 1. The van der Waals surface area contributed by atoms with Crippen LogP contribution in [0.15, 0.2) is 71.7 Å². The Bertz CT molecular complexity index is 1420. The van der Waals surface area contributed by atoms with Crippen molar-refractivity contribution in [3.8, 4) is 11.5 Å². The summed E-state index contributed by atoms with van der Waals surface area (Å²) >= 11 is 6.23. The summed E-state index contributed by atoms with van der Waals surface area (Å²) in [7, 11) is 1.60. The fourth-order valence-electron chi connectivity index (χ4n) is 5.08. The highest BCUT2D eigenvalue weighted by Gasteiger charge is 2.45. The van der Waals surface area contributed by atoms with Crippen LogP contribution in [0.25, 0.3) is 0 Å². The molecule has 1 saturated heterocycles. The molecule has 1 fully saturated rings. The Hall–Kier alpha value is -4.04. The number of methoxy groups -OCH3 is 1. The number of ether oxygens (including phenoxy) is 2. The van der Waals surface area contributed by atoms with Crippen LogP contribution in [0.1, 0.15) is 48.2 Å². The third-order valence-corrected chi connectivity index (χ3v) is 7.26. The van der Waals surface area contributed by atoms with Gasteiger partial charge in [0.25, 0.3) is 0 Å². The number of aliphatic imine (C=N–C) groups is 1. The number of halogens is 1. The molecule has 3 aromatic carbocycles. The van der Waals surface area contributed by atoms with Crippen molar-refractivity contribution in [1.82, 2.24) is 15.1 Å². The number of amidine groups is 1. The quantitative estimate of drug-likeness (QED) is 0.429. The SMILES string of the molecule is COc1ccc(C2=N[C@H](c3ccc(Cl)cc3)[C@H](c3ccc(C)cc3)N2C(=O)N2CCNC(=O)C2)c(OC(C)C)c1. The standard InChI is InChI=1S/C31H33ClN4O4/c1-19(2)40-26-17-24(39-4)13-14-25(26)30-34-28(21-9-11-23(32)12-10-21)29(22-7-5-20(3)6-8-22)36(30)31(38)35-16-15-33-27(37)18-35/h5-14,17,19,28-29H,15-16,18H2,1-4H3,(H,33,37)/t28-,29+/m1/s1. The van der Waals surface area contributed by atoms with E-state index in [4.69, 9.17) is 26.1 Å². The summed E-state index contributed by atoms with van der Waals surface area (Å²) in [4.78, 5) is 35.2. The molecule has 1 N–H and O–H groups in total. The van der Waals surface area contributed by atoms with Gasteiger partial charge in [-0.05, 0) is 56.2 Å². The van der Waals surface area contributed by atoms with E-state index in [0.29, 0.717) is 41.0 Å². The van der Waals surface area contributed by atoms with E-state index in [0.717, 1.165) is 16.7 Å². The average molecular weight is 561 g/mol. The van der Waals surface area contributed by atoms with Gasteiger partial charge in [-0.2, -0.15) is 0 Å². The molecule has 0 aromatic heterocycles. The first-order valence-electron chi connectivity index (χ1n) is 13.3. The van der Waals surface area contributed by atoms with Gasteiger partial charge < -0.3 is 19.7 Å². The second-order valence-corrected chi connectivity index (χ2v) is 10.7. The van der Waals surface area contributed by atoms with Crippen molar-refractivity contribution in [2.75, 3.05) is 26.7 Å². The Kier molecular flexibility index (Phi) is 7.98. The second-order valence-electron chi connectivity index (χ2n) is 10.3. The zero-order chi connectivity index (χ0) is 28.4. The van der Waals surface area contributed by atoms with E-state index in [9.17, 15) is 9.59 Å². The highest BCUT2D eigenvalue weighted by molar-refractivity contribution is 6.30. The molecule has 2 atom stereocenters. The molecule has 2 heterocycles. The van der Waals surface area contributed by atoms with Crippen LogP contribution < -0.4 is 14.8 Å². The van der Waals surface area contributed by atoms with E-state index in [1.807, 2.05) is 87.5 Å². The number of urea groups is 1. The van der Waals surface area contributed by atoms with Crippen LogP contribution in [0.4, 0.5) is 4.79 Å². The Morgan fingerprint density at radius 1 is 1.05 bits per heavy atom. The molecule has 0 aliphatic carbocycles. The minimum atomic E-state index is -0.469. The molecular formula is C31H33ClN4O4. The molecule has 5 rings (SSSR count). The van der Waals surface area contributed by atoms with Gasteiger partial charge in [-0.3, -0.25) is 14.7 Å². The maximum Gasteiger partial charge on any atom is 0.326 e. The Morgan fingerprint density at radius 3 is 2.40 bits per heavy atom. The third kappa shape index (κ3) is 5.63. The van der Waals surface area contributed by atoms with Crippen molar-refractivity contribution in [2.24, 2.45) is 4.99 Å². The number of carbonyl (C=O) groups is 2. The Labute approximate surface area is 239 Å². The van der Waals surface area contributed by atoms with Gasteiger partial charge in [-0.1, -0.05) is 53.6 Å². The summed E-state index contributed by atoms with van der Waals surface area (Å²) in [5, 5.41) is 3.42. The number of benzene rings is 3. The zero-order valence-corrected chi connectivity index (χ0v) is 23.8. The van der Waals surface area contributed by atoms with Gasteiger partial charge in [0.05, 0.1) is 24.8 Å². The number of nitrogens with one attached hydrogen (secondary N) is 1. The van der Waals surface area contributed by atoms with Gasteiger partial charge in [-0.15, -0.1) is 0 Å². The molecule has 208 valence electrons. The molecular weight excluding hydrogens is 528 g/mol. The lowest BCUT2D eigenvalue weighted by Gasteiger charge is -2.36. The average Bonchev–Trinajstić information content (AvgIpc) is 3.33. The normalized spacial score (nSPS) is 18.9. The highest BCUT2D eigenvalue weighted by Crippen LogP contribution is 2.45. The van der Waals surface area contributed by atoms with Crippen molar-refractivity contribution < 1.29 is 19.1 Å². The Balaban J connectivity index is 1.71. The van der Waals surface area contributed by atoms with Crippen LogP contribution in [0, 0.1) is 6.92 Å². The van der Waals surface area contributed by atoms with Gasteiger partial charge >= 0.3 is 6.03 Å². The van der Waals surface area contributed by atoms with Crippen LogP contribution in [-0.4, -0.2) is 60.4 Å². The van der Waals surface area contributed by atoms with Gasteiger partial charge in [0.2, 0.25) is 5.91 Å². The lowest BCUT2D eigenvalue weighted by Crippen LogP contribution is -2.55. The minimum absolute atomic E-state index is 0.0210. The van der Waals surface area contributed by atoms with Gasteiger partial charge in [0.15, 0.2) is 0 Å². The van der Waals surface area contributed by atoms with E-state index < -0.39 is 12.1 Å². The third-order valence-electron chi connectivity index (χ3n) is 7.00. The predicted molar refractivity (Wildman–Crippen MR) is 155 cm³/mol. The molecule has 0 unspecified atom stereocenters. The number of rotatable bonds is 6. The zero-order valence-electron chi connectivity index (χ0n) is 23.1. The first kappa shape index (κ1) is 27.5. The molecule has 0 spiro atoms. The number of amides is 3. The minimum Gasteiger partial charge on any atom is -0.497 e. The maximum atomic E-state index is 14.4. The lowest BCUT2D eigenvalue weighted by atomic mass is 9.93. The van der Waals surface area contributed by atoms with Gasteiger partial charge in [0, 0.05) is 24.2 Å². The van der Waals surface area contributed by atoms with E-state index in [1.165, 1.54) is 0 Å². The monoisotopic (exact) mass is 560 g/mol. The molecule has 0 radical (unpaired) electrons. The van der Waals surface area contributed by atoms with Gasteiger partial charge in [0.1, 0.15) is 29.9 Å².